The zero-order chi connectivity index (χ0) is 19.4. The van der Waals surface area contributed by atoms with E-state index in [9.17, 15) is 9.59 Å². The number of rotatable bonds is 7. The summed E-state index contributed by atoms with van der Waals surface area (Å²) in [5.74, 6) is 0.493. The van der Waals surface area contributed by atoms with Gasteiger partial charge in [0.05, 0.1) is 5.41 Å². The summed E-state index contributed by atoms with van der Waals surface area (Å²) in [6.45, 7) is 4.81. The van der Waals surface area contributed by atoms with Gasteiger partial charge in [0, 0.05) is 25.7 Å². The number of likely N-dealkylation sites (N-methyl/N-ethyl adjacent to an activating group) is 1. The van der Waals surface area contributed by atoms with Crippen LogP contribution in [0.2, 0.25) is 0 Å². The molecule has 0 bridgehead atoms. The summed E-state index contributed by atoms with van der Waals surface area (Å²) in [5.41, 5.74) is 2.39. The van der Waals surface area contributed by atoms with E-state index in [1.54, 1.807) is 4.90 Å². The smallest absolute Gasteiger partial charge is 0.237 e. The molecule has 3 rings (SSSR count). The van der Waals surface area contributed by atoms with Gasteiger partial charge in [-0.05, 0) is 36.0 Å². The summed E-state index contributed by atoms with van der Waals surface area (Å²) in [6.07, 6.45) is 1.45. The predicted octanol–water partition coefficient (Wildman–Crippen LogP) is 3.70. The first kappa shape index (κ1) is 19.2. The fourth-order valence-corrected chi connectivity index (χ4v) is 3.89. The first-order valence-electron chi connectivity index (χ1n) is 9.62. The van der Waals surface area contributed by atoms with Crippen LogP contribution in [0.5, 0.6) is 0 Å². The topological polar surface area (TPSA) is 49.4 Å². The lowest BCUT2D eigenvalue weighted by molar-refractivity contribution is -0.124. The number of fused-ring (bicyclic) bond motifs is 1. The molecular weight excluding hydrogens is 336 g/mol. The predicted molar refractivity (Wildman–Crippen MR) is 109 cm³/mol. The number of para-hydroxylation sites is 1. The zero-order valence-electron chi connectivity index (χ0n) is 16.4. The first-order chi connectivity index (χ1) is 12.9. The highest BCUT2D eigenvalue weighted by Crippen LogP contribution is 2.46. The summed E-state index contributed by atoms with van der Waals surface area (Å²) in [6, 6.07) is 18.0. The fourth-order valence-electron chi connectivity index (χ4n) is 3.89. The zero-order valence-corrected chi connectivity index (χ0v) is 16.4. The highest BCUT2D eigenvalue weighted by atomic mass is 16.2. The number of nitrogens with zero attached hydrogens (tertiary/aromatic N) is 1. The van der Waals surface area contributed by atoms with Crippen LogP contribution in [-0.4, -0.2) is 25.4 Å². The van der Waals surface area contributed by atoms with Crippen molar-refractivity contribution in [2.75, 3.05) is 18.5 Å². The van der Waals surface area contributed by atoms with E-state index in [0.717, 1.165) is 16.8 Å². The third-order valence-corrected chi connectivity index (χ3v) is 5.33. The number of hydrogen-bond donors (Lipinski definition) is 1. The Morgan fingerprint density at radius 2 is 1.74 bits per heavy atom. The Hall–Kier alpha value is -2.62. The molecule has 4 nitrogen and oxygen atoms in total. The lowest BCUT2D eigenvalue weighted by atomic mass is 9.73. The summed E-state index contributed by atoms with van der Waals surface area (Å²) in [5, 5.41) is 2.97. The minimum absolute atomic E-state index is 0.0102. The molecule has 2 aromatic carbocycles. The van der Waals surface area contributed by atoms with Crippen LogP contribution in [-0.2, 0) is 21.4 Å². The Morgan fingerprint density at radius 3 is 2.44 bits per heavy atom. The van der Waals surface area contributed by atoms with Gasteiger partial charge < -0.3 is 10.2 Å². The van der Waals surface area contributed by atoms with Crippen molar-refractivity contribution in [2.45, 2.75) is 38.5 Å². The molecule has 0 aliphatic carbocycles. The van der Waals surface area contributed by atoms with Gasteiger partial charge in [-0.2, -0.15) is 0 Å². The molecule has 4 heteroatoms. The SMILES string of the molecule is CC(C)CNC(=O)CC[C@@]1(Cc2ccccc2)C(=O)N(C)c2ccccc21. The summed E-state index contributed by atoms with van der Waals surface area (Å²) in [7, 11) is 1.83. The second-order valence-corrected chi connectivity index (χ2v) is 7.82. The van der Waals surface area contributed by atoms with Crippen LogP contribution in [0.25, 0.3) is 0 Å². The number of nitrogens with one attached hydrogen (secondary N) is 1. The largest absolute Gasteiger partial charge is 0.356 e. The van der Waals surface area contributed by atoms with Crippen molar-refractivity contribution < 1.29 is 9.59 Å². The summed E-state index contributed by atoms with van der Waals surface area (Å²) in [4.78, 5) is 27.5. The molecule has 0 saturated carbocycles. The molecule has 0 fully saturated rings. The van der Waals surface area contributed by atoms with Crippen molar-refractivity contribution in [3.05, 3.63) is 65.7 Å². The van der Waals surface area contributed by atoms with Crippen molar-refractivity contribution in [1.82, 2.24) is 5.32 Å². The van der Waals surface area contributed by atoms with E-state index in [-0.39, 0.29) is 11.8 Å². The number of carbonyl (C=O) groups is 2. The molecule has 1 atom stereocenters. The van der Waals surface area contributed by atoms with Gasteiger partial charge in [-0.1, -0.05) is 62.4 Å². The van der Waals surface area contributed by atoms with Crippen molar-refractivity contribution in [3.8, 4) is 0 Å². The minimum Gasteiger partial charge on any atom is -0.356 e. The Balaban J connectivity index is 1.91. The van der Waals surface area contributed by atoms with Crippen LogP contribution >= 0.6 is 0 Å². The van der Waals surface area contributed by atoms with Gasteiger partial charge in [0.1, 0.15) is 0 Å². The number of anilines is 1. The van der Waals surface area contributed by atoms with E-state index in [1.165, 1.54) is 0 Å². The second-order valence-electron chi connectivity index (χ2n) is 7.82. The highest BCUT2D eigenvalue weighted by molar-refractivity contribution is 6.08. The van der Waals surface area contributed by atoms with Gasteiger partial charge in [-0.25, -0.2) is 0 Å². The van der Waals surface area contributed by atoms with Gasteiger partial charge in [-0.3, -0.25) is 9.59 Å². The Labute approximate surface area is 161 Å². The average Bonchev–Trinajstić information content (AvgIpc) is 2.88. The molecule has 0 aromatic heterocycles. The maximum atomic E-state index is 13.4. The van der Waals surface area contributed by atoms with Crippen LogP contribution in [0.4, 0.5) is 5.69 Å². The summed E-state index contributed by atoms with van der Waals surface area (Å²) < 4.78 is 0. The van der Waals surface area contributed by atoms with Gasteiger partial charge in [0.15, 0.2) is 0 Å². The fraction of sp³-hybridized carbons (Fsp3) is 0.391. The first-order valence-corrected chi connectivity index (χ1v) is 9.62. The van der Waals surface area contributed by atoms with Gasteiger partial charge in [-0.15, -0.1) is 0 Å². The quantitative estimate of drug-likeness (QED) is 0.814. The van der Waals surface area contributed by atoms with E-state index in [4.69, 9.17) is 0 Å². The highest BCUT2D eigenvalue weighted by Gasteiger charge is 2.49. The van der Waals surface area contributed by atoms with E-state index in [0.29, 0.717) is 31.7 Å². The number of benzene rings is 2. The molecule has 2 amide bonds. The van der Waals surface area contributed by atoms with Crippen LogP contribution in [0, 0.1) is 5.92 Å². The van der Waals surface area contributed by atoms with Crippen LogP contribution in [0.15, 0.2) is 54.6 Å². The van der Waals surface area contributed by atoms with Gasteiger partial charge >= 0.3 is 0 Å². The molecule has 0 saturated heterocycles. The lowest BCUT2D eigenvalue weighted by Crippen LogP contribution is -2.41. The minimum atomic E-state index is -0.693. The Bertz CT molecular complexity index is 816. The van der Waals surface area contributed by atoms with Crippen molar-refractivity contribution in [1.29, 1.82) is 0 Å². The maximum Gasteiger partial charge on any atom is 0.237 e. The van der Waals surface area contributed by atoms with Crippen LogP contribution < -0.4 is 10.2 Å². The molecule has 1 heterocycles. The summed E-state index contributed by atoms with van der Waals surface area (Å²) >= 11 is 0. The molecule has 0 unspecified atom stereocenters. The molecule has 1 N–H and O–H groups in total. The van der Waals surface area contributed by atoms with Gasteiger partial charge in [0.2, 0.25) is 11.8 Å². The second kappa shape index (κ2) is 7.95. The molecule has 2 aromatic rings. The monoisotopic (exact) mass is 364 g/mol. The van der Waals surface area contributed by atoms with Crippen LogP contribution in [0.3, 0.4) is 0 Å². The lowest BCUT2D eigenvalue weighted by Gasteiger charge is -2.28. The van der Waals surface area contributed by atoms with E-state index < -0.39 is 5.41 Å². The Kier molecular flexibility index (Phi) is 5.64. The molecule has 1 aliphatic heterocycles. The molecular formula is C23H28N2O2. The van der Waals surface area contributed by atoms with E-state index in [2.05, 4.69) is 31.3 Å². The normalized spacial score (nSPS) is 18.7. The van der Waals surface area contributed by atoms with E-state index in [1.807, 2.05) is 49.5 Å². The van der Waals surface area contributed by atoms with Crippen molar-refractivity contribution >= 4 is 17.5 Å². The maximum absolute atomic E-state index is 13.4. The van der Waals surface area contributed by atoms with Gasteiger partial charge in [0.25, 0.3) is 0 Å². The van der Waals surface area contributed by atoms with E-state index >= 15 is 0 Å². The number of carbonyl (C=O) groups excluding carboxylic acids is 2. The average molecular weight is 364 g/mol. The van der Waals surface area contributed by atoms with Crippen molar-refractivity contribution in [2.24, 2.45) is 5.92 Å². The van der Waals surface area contributed by atoms with Crippen molar-refractivity contribution in [3.63, 3.8) is 0 Å². The molecule has 27 heavy (non-hydrogen) atoms. The number of amides is 2. The Morgan fingerprint density at radius 1 is 1.07 bits per heavy atom. The third-order valence-electron chi connectivity index (χ3n) is 5.33. The number of hydrogen-bond acceptors (Lipinski definition) is 2. The third kappa shape index (κ3) is 3.90. The molecule has 1 aliphatic rings. The molecule has 142 valence electrons. The molecule has 0 radical (unpaired) electrons. The molecule has 0 spiro atoms. The standard InChI is InChI=1S/C23H28N2O2/c1-17(2)16-24-21(26)13-14-23(15-18-9-5-4-6-10-18)19-11-7-8-12-20(19)25(3)22(23)27/h4-12,17H,13-16H2,1-3H3,(H,24,26)/t23-/m0/s1. The van der Waals surface area contributed by atoms with Crippen LogP contribution in [0.1, 0.15) is 37.8 Å².